The molecule has 21 heavy (non-hydrogen) atoms. The van der Waals surface area contributed by atoms with Crippen molar-refractivity contribution in [1.29, 1.82) is 0 Å². The largest absolute Gasteiger partial charge is 0.355 e. The minimum atomic E-state index is -3.14. The fraction of sp³-hybridized carbons (Fsp3) is 0.667. The molecule has 7 nitrogen and oxygen atoms in total. The van der Waals surface area contributed by atoms with Gasteiger partial charge in [0.1, 0.15) is 5.01 Å². The monoisotopic (exact) mass is 333 g/mol. The van der Waals surface area contributed by atoms with Gasteiger partial charge >= 0.3 is 0 Å². The Bertz CT molecular complexity index is 561. The average molecular weight is 333 g/mol. The lowest BCUT2D eigenvalue weighted by molar-refractivity contribution is 0.582. The molecule has 1 aromatic heterocycles. The summed E-state index contributed by atoms with van der Waals surface area (Å²) < 4.78 is 25.0. The third-order valence-electron chi connectivity index (χ3n) is 2.82. The Kier molecular flexibility index (Phi) is 7.06. The van der Waals surface area contributed by atoms with E-state index in [2.05, 4.69) is 25.3 Å². The number of thiazole rings is 1. The van der Waals surface area contributed by atoms with Crippen molar-refractivity contribution in [3.8, 4) is 0 Å². The lowest BCUT2D eigenvalue weighted by Crippen LogP contribution is -2.41. The minimum Gasteiger partial charge on any atom is -0.355 e. The van der Waals surface area contributed by atoms with Crippen molar-refractivity contribution in [2.24, 2.45) is 4.99 Å². The van der Waals surface area contributed by atoms with Gasteiger partial charge in [0.2, 0.25) is 10.0 Å². The van der Waals surface area contributed by atoms with E-state index in [0.29, 0.717) is 25.6 Å². The van der Waals surface area contributed by atoms with Gasteiger partial charge in [0.15, 0.2) is 5.96 Å². The van der Waals surface area contributed by atoms with Crippen molar-refractivity contribution >= 4 is 27.3 Å². The second-order valence-electron chi connectivity index (χ2n) is 4.40. The van der Waals surface area contributed by atoms with Crippen LogP contribution in [-0.4, -0.2) is 45.3 Å². The van der Waals surface area contributed by atoms with Crippen LogP contribution in [0.4, 0.5) is 0 Å². The molecule has 3 N–H and O–H groups in total. The molecule has 0 bridgehead atoms. The highest BCUT2D eigenvalue weighted by Gasteiger charge is 2.06. The normalized spacial score (nSPS) is 12.5. The van der Waals surface area contributed by atoms with E-state index in [-0.39, 0.29) is 5.75 Å². The molecule has 0 aliphatic heterocycles. The molecule has 0 fully saturated rings. The Hall–Kier alpha value is -1.19. The fourth-order valence-electron chi connectivity index (χ4n) is 1.48. The molecular formula is C12H23N5O2S2. The first-order valence-corrected chi connectivity index (χ1v) is 9.19. The van der Waals surface area contributed by atoms with E-state index in [1.54, 1.807) is 25.3 Å². The number of rotatable bonds is 7. The first-order valence-electron chi connectivity index (χ1n) is 6.72. The van der Waals surface area contributed by atoms with Crippen molar-refractivity contribution in [2.45, 2.75) is 27.3 Å². The highest BCUT2D eigenvalue weighted by molar-refractivity contribution is 7.89. The summed E-state index contributed by atoms with van der Waals surface area (Å²) in [6.45, 7) is 7.03. The standard InChI is InChI=1S/C12H23N5O2S2/c1-5-21(18,19)16-7-6-14-12(13-4)15-8-11-17-9(2)10(3)20-11/h16H,5-8H2,1-4H3,(H2,13,14,15). The maximum absolute atomic E-state index is 11.3. The van der Waals surface area contributed by atoms with E-state index in [0.717, 1.165) is 10.7 Å². The quantitative estimate of drug-likeness (QED) is 0.380. The number of aryl methyl sites for hydroxylation is 2. The molecule has 0 radical (unpaired) electrons. The van der Waals surface area contributed by atoms with Crippen molar-refractivity contribution in [1.82, 2.24) is 20.3 Å². The molecule has 0 unspecified atom stereocenters. The van der Waals surface area contributed by atoms with Gasteiger partial charge in [0.25, 0.3) is 0 Å². The molecule has 0 aliphatic rings. The third-order valence-corrected chi connectivity index (χ3v) is 5.30. The molecule has 0 atom stereocenters. The van der Waals surface area contributed by atoms with E-state index >= 15 is 0 Å². The van der Waals surface area contributed by atoms with Gasteiger partial charge in [-0.15, -0.1) is 11.3 Å². The van der Waals surface area contributed by atoms with Crippen molar-refractivity contribution in [3.63, 3.8) is 0 Å². The second kappa shape index (κ2) is 8.30. The van der Waals surface area contributed by atoms with Gasteiger partial charge in [0, 0.05) is 25.0 Å². The lowest BCUT2D eigenvalue weighted by Gasteiger charge is -2.11. The van der Waals surface area contributed by atoms with Crippen LogP contribution in [0.25, 0.3) is 0 Å². The maximum Gasteiger partial charge on any atom is 0.211 e. The summed E-state index contributed by atoms with van der Waals surface area (Å²) >= 11 is 1.65. The Morgan fingerprint density at radius 1 is 1.29 bits per heavy atom. The number of aliphatic imine (C=N–C) groups is 1. The zero-order chi connectivity index (χ0) is 15.9. The molecule has 0 amide bonds. The Morgan fingerprint density at radius 3 is 2.52 bits per heavy atom. The topological polar surface area (TPSA) is 95.5 Å². The molecule has 0 spiro atoms. The number of hydrogen-bond donors (Lipinski definition) is 3. The van der Waals surface area contributed by atoms with Crippen LogP contribution < -0.4 is 15.4 Å². The van der Waals surface area contributed by atoms with Crippen LogP contribution in [-0.2, 0) is 16.6 Å². The molecule has 1 aromatic rings. The van der Waals surface area contributed by atoms with Crippen LogP contribution in [0.5, 0.6) is 0 Å². The van der Waals surface area contributed by atoms with Gasteiger partial charge in [0.05, 0.1) is 18.0 Å². The van der Waals surface area contributed by atoms with Crippen molar-refractivity contribution in [2.75, 3.05) is 25.9 Å². The minimum absolute atomic E-state index is 0.0860. The summed E-state index contributed by atoms with van der Waals surface area (Å²) in [6.07, 6.45) is 0. The van der Waals surface area contributed by atoms with Gasteiger partial charge in [-0.1, -0.05) is 0 Å². The van der Waals surface area contributed by atoms with E-state index in [9.17, 15) is 8.42 Å². The molecule has 120 valence electrons. The van der Waals surface area contributed by atoms with Crippen LogP contribution in [0.3, 0.4) is 0 Å². The number of sulfonamides is 1. The zero-order valence-electron chi connectivity index (χ0n) is 12.9. The Labute approximate surface area is 130 Å². The van der Waals surface area contributed by atoms with Gasteiger partial charge in [-0.25, -0.2) is 18.1 Å². The molecule has 1 heterocycles. The summed E-state index contributed by atoms with van der Waals surface area (Å²) in [7, 11) is -1.47. The van der Waals surface area contributed by atoms with Crippen LogP contribution in [0, 0.1) is 13.8 Å². The van der Waals surface area contributed by atoms with Gasteiger partial charge < -0.3 is 10.6 Å². The summed E-state index contributed by atoms with van der Waals surface area (Å²) in [6, 6.07) is 0. The van der Waals surface area contributed by atoms with Crippen LogP contribution in [0.1, 0.15) is 22.5 Å². The molecule has 1 rings (SSSR count). The SMILES string of the molecule is CCS(=O)(=O)NCCNC(=NC)NCc1nc(C)c(C)s1. The second-order valence-corrected chi connectivity index (χ2v) is 7.78. The summed E-state index contributed by atoms with van der Waals surface area (Å²) in [5.74, 6) is 0.708. The molecular weight excluding hydrogens is 310 g/mol. The molecule has 9 heteroatoms. The highest BCUT2D eigenvalue weighted by atomic mass is 32.2. The molecule has 0 saturated carbocycles. The molecule has 0 saturated heterocycles. The van der Waals surface area contributed by atoms with E-state index in [4.69, 9.17) is 0 Å². The smallest absolute Gasteiger partial charge is 0.211 e. The van der Waals surface area contributed by atoms with Crippen molar-refractivity contribution < 1.29 is 8.42 Å². The Morgan fingerprint density at radius 2 is 2.00 bits per heavy atom. The molecule has 0 aromatic carbocycles. The van der Waals surface area contributed by atoms with Crippen LogP contribution >= 0.6 is 11.3 Å². The highest BCUT2D eigenvalue weighted by Crippen LogP contribution is 2.15. The summed E-state index contributed by atoms with van der Waals surface area (Å²) in [5, 5.41) is 7.19. The lowest BCUT2D eigenvalue weighted by atomic mass is 10.4. The maximum atomic E-state index is 11.3. The first kappa shape index (κ1) is 17.9. The van der Waals surface area contributed by atoms with E-state index in [1.165, 1.54) is 4.88 Å². The van der Waals surface area contributed by atoms with E-state index < -0.39 is 10.0 Å². The number of guanidine groups is 1. The Balaban J connectivity index is 2.33. The van der Waals surface area contributed by atoms with Crippen molar-refractivity contribution in [3.05, 3.63) is 15.6 Å². The first-order chi connectivity index (χ1) is 9.88. The zero-order valence-corrected chi connectivity index (χ0v) is 14.5. The number of aromatic nitrogens is 1. The van der Waals surface area contributed by atoms with Gasteiger partial charge in [-0.3, -0.25) is 4.99 Å². The fourth-order valence-corrected chi connectivity index (χ4v) is 2.98. The number of nitrogens with one attached hydrogen (secondary N) is 3. The third kappa shape index (κ3) is 6.40. The predicted molar refractivity (Wildman–Crippen MR) is 87.3 cm³/mol. The number of hydrogen-bond acceptors (Lipinski definition) is 5. The van der Waals surface area contributed by atoms with Crippen LogP contribution in [0.2, 0.25) is 0 Å². The molecule has 0 aliphatic carbocycles. The number of nitrogens with zero attached hydrogens (tertiary/aromatic N) is 2. The summed E-state index contributed by atoms with van der Waals surface area (Å²) in [4.78, 5) is 9.73. The van der Waals surface area contributed by atoms with Gasteiger partial charge in [-0.2, -0.15) is 0 Å². The van der Waals surface area contributed by atoms with Crippen LogP contribution in [0.15, 0.2) is 4.99 Å². The predicted octanol–water partition coefficient (Wildman–Crippen LogP) is 0.364. The van der Waals surface area contributed by atoms with E-state index in [1.807, 2.05) is 13.8 Å². The van der Waals surface area contributed by atoms with Gasteiger partial charge in [-0.05, 0) is 20.8 Å². The summed E-state index contributed by atoms with van der Waals surface area (Å²) in [5.41, 5.74) is 1.05. The average Bonchev–Trinajstić information content (AvgIpc) is 2.77.